The molecule has 2 saturated heterocycles. The van der Waals surface area contributed by atoms with Crippen molar-refractivity contribution in [1.29, 1.82) is 0 Å². The summed E-state index contributed by atoms with van der Waals surface area (Å²) in [6, 6.07) is 0. The predicted octanol–water partition coefficient (Wildman–Crippen LogP) is 3.38. The Labute approximate surface area is 186 Å². The molecule has 7 atom stereocenters. The quantitative estimate of drug-likeness (QED) is 0.283. The van der Waals surface area contributed by atoms with E-state index in [1.807, 2.05) is 6.92 Å². The van der Waals surface area contributed by atoms with E-state index in [-0.39, 0.29) is 36.6 Å². The lowest BCUT2D eigenvalue weighted by Gasteiger charge is -2.29. The van der Waals surface area contributed by atoms with Crippen LogP contribution in [0.25, 0.3) is 0 Å². The molecule has 7 heteroatoms. The van der Waals surface area contributed by atoms with E-state index in [9.17, 15) is 9.90 Å². The highest BCUT2D eigenvalue weighted by Crippen LogP contribution is 2.39. The van der Waals surface area contributed by atoms with Crippen LogP contribution in [0.15, 0.2) is 12.2 Å². The van der Waals surface area contributed by atoms with Crippen LogP contribution in [0.5, 0.6) is 0 Å². The van der Waals surface area contributed by atoms with Gasteiger partial charge in [-0.05, 0) is 45.4 Å². The third kappa shape index (κ3) is 7.91. The van der Waals surface area contributed by atoms with Crippen LogP contribution in [0.1, 0.15) is 64.7 Å². The van der Waals surface area contributed by atoms with E-state index in [0.717, 1.165) is 57.8 Å². The zero-order valence-electron chi connectivity index (χ0n) is 18.9. The molecule has 0 radical (unpaired) electrons. The van der Waals surface area contributed by atoms with Crippen molar-refractivity contribution in [2.24, 2.45) is 11.8 Å². The molecule has 0 amide bonds. The zero-order chi connectivity index (χ0) is 21.9. The first kappa shape index (κ1) is 24.8. The molecule has 1 saturated carbocycles. The number of carbonyl (C=O) groups is 1. The summed E-state index contributed by atoms with van der Waals surface area (Å²) in [4.78, 5) is 11.3. The Hall–Kier alpha value is -0.830. The van der Waals surface area contributed by atoms with Gasteiger partial charge in [-0.3, -0.25) is 0 Å². The van der Waals surface area contributed by atoms with Crippen LogP contribution >= 0.6 is 0 Å². The Bertz CT molecular complexity index is 528. The minimum Gasteiger partial charge on any atom is -0.393 e. The average Bonchev–Trinajstić information content (AvgIpc) is 3.07. The van der Waals surface area contributed by atoms with Gasteiger partial charge in [0.2, 0.25) is 0 Å². The van der Waals surface area contributed by atoms with E-state index < -0.39 is 6.10 Å². The summed E-state index contributed by atoms with van der Waals surface area (Å²) in [5.41, 5.74) is 0. The maximum absolute atomic E-state index is 11.3. The van der Waals surface area contributed by atoms with Crippen molar-refractivity contribution in [2.45, 2.75) is 95.6 Å². The number of rotatable bonds is 12. The molecule has 3 rings (SSSR count). The lowest BCUT2D eigenvalue weighted by atomic mass is 9.90. The van der Waals surface area contributed by atoms with Gasteiger partial charge >= 0.3 is 0 Å². The van der Waals surface area contributed by atoms with Gasteiger partial charge in [0.05, 0.1) is 18.3 Å². The number of carbonyl (C=O) groups excluding carboxylic acids is 1. The minimum atomic E-state index is -0.557. The first-order chi connectivity index (χ1) is 15.2. The molecule has 3 fully saturated rings. The van der Waals surface area contributed by atoms with Crippen LogP contribution in [0, 0.1) is 11.8 Å². The first-order valence-corrected chi connectivity index (χ1v) is 12.1. The van der Waals surface area contributed by atoms with Crippen LogP contribution in [0.2, 0.25) is 0 Å². The molecule has 0 spiro atoms. The zero-order valence-corrected chi connectivity index (χ0v) is 18.9. The van der Waals surface area contributed by atoms with Crippen molar-refractivity contribution in [1.82, 2.24) is 0 Å². The largest absolute Gasteiger partial charge is 0.393 e. The molecule has 2 aliphatic heterocycles. The standard InChI is InChI=1S/C24H40O7/c1-2-27-16-12-18(30-23-7-3-5-14-28-23)9-10-20-19(11-13-25)21(26)17-22(20)31-24-8-4-6-15-29-24/h9-10,13,18-24,26H,2-8,11-12,14-17H2,1H3. The van der Waals surface area contributed by atoms with E-state index in [2.05, 4.69) is 12.2 Å². The maximum Gasteiger partial charge on any atom is 0.158 e. The summed E-state index contributed by atoms with van der Waals surface area (Å²) < 4.78 is 29.5. The van der Waals surface area contributed by atoms with Gasteiger partial charge < -0.3 is 33.6 Å². The van der Waals surface area contributed by atoms with Crippen molar-refractivity contribution < 1.29 is 33.6 Å². The van der Waals surface area contributed by atoms with E-state index in [4.69, 9.17) is 23.7 Å². The molecule has 3 aliphatic rings. The van der Waals surface area contributed by atoms with Gasteiger partial charge in [-0.15, -0.1) is 0 Å². The van der Waals surface area contributed by atoms with E-state index in [1.165, 1.54) is 0 Å². The monoisotopic (exact) mass is 440 g/mol. The van der Waals surface area contributed by atoms with Crippen molar-refractivity contribution in [2.75, 3.05) is 26.4 Å². The highest BCUT2D eigenvalue weighted by Gasteiger charge is 2.42. The Balaban J connectivity index is 1.66. The van der Waals surface area contributed by atoms with Gasteiger partial charge in [-0.25, -0.2) is 0 Å². The van der Waals surface area contributed by atoms with Gasteiger partial charge in [0, 0.05) is 57.5 Å². The first-order valence-electron chi connectivity index (χ1n) is 12.1. The minimum absolute atomic E-state index is 0.0591. The number of ether oxygens (including phenoxy) is 5. The highest BCUT2D eigenvalue weighted by atomic mass is 16.7. The molecular weight excluding hydrogens is 400 g/mol. The molecule has 0 bridgehead atoms. The summed E-state index contributed by atoms with van der Waals surface area (Å²) in [6.07, 6.45) is 11.4. The van der Waals surface area contributed by atoms with E-state index in [1.54, 1.807) is 0 Å². The van der Waals surface area contributed by atoms with Crippen LogP contribution in [0.4, 0.5) is 0 Å². The fourth-order valence-corrected chi connectivity index (χ4v) is 4.77. The molecule has 0 aromatic heterocycles. The van der Waals surface area contributed by atoms with Crippen LogP contribution in [-0.2, 0) is 28.5 Å². The maximum atomic E-state index is 11.3. The smallest absolute Gasteiger partial charge is 0.158 e. The van der Waals surface area contributed by atoms with Gasteiger partial charge in [0.15, 0.2) is 12.6 Å². The molecule has 31 heavy (non-hydrogen) atoms. The van der Waals surface area contributed by atoms with Crippen LogP contribution in [0.3, 0.4) is 0 Å². The summed E-state index contributed by atoms with van der Waals surface area (Å²) in [7, 11) is 0. The topological polar surface area (TPSA) is 83.5 Å². The Kier molecular flexibility index (Phi) is 10.9. The fourth-order valence-electron chi connectivity index (χ4n) is 4.77. The van der Waals surface area contributed by atoms with Gasteiger partial charge in [-0.2, -0.15) is 0 Å². The van der Waals surface area contributed by atoms with Crippen molar-refractivity contribution in [3.8, 4) is 0 Å². The molecule has 7 nitrogen and oxygen atoms in total. The summed E-state index contributed by atoms with van der Waals surface area (Å²) >= 11 is 0. The number of aliphatic hydroxyl groups is 1. The van der Waals surface area contributed by atoms with Gasteiger partial charge in [0.1, 0.15) is 6.29 Å². The SMILES string of the molecule is CCOCCC(C=CC1C(OC2CCCCO2)CC(O)C1CC=O)OC1CCCCO1. The summed E-state index contributed by atoms with van der Waals surface area (Å²) in [5.74, 6) is -0.211. The summed E-state index contributed by atoms with van der Waals surface area (Å²) in [6.45, 7) is 4.71. The normalized spacial score (nSPS) is 35.4. The number of aliphatic hydroxyl groups excluding tert-OH is 1. The lowest BCUT2D eigenvalue weighted by Crippen LogP contribution is -2.31. The van der Waals surface area contributed by atoms with Crippen LogP contribution in [-0.4, -0.2) is 68.7 Å². The summed E-state index contributed by atoms with van der Waals surface area (Å²) in [5, 5.41) is 10.6. The molecule has 7 unspecified atom stereocenters. The van der Waals surface area contributed by atoms with Gasteiger partial charge in [-0.1, -0.05) is 12.2 Å². The van der Waals surface area contributed by atoms with Crippen molar-refractivity contribution in [3.63, 3.8) is 0 Å². The Morgan fingerprint density at radius 3 is 2.48 bits per heavy atom. The molecule has 178 valence electrons. The van der Waals surface area contributed by atoms with Crippen molar-refractivity contribution in [3.05, 3.63) is 12.2 Å². The third-order valence-electron chi connectivity index (χ3n) is 6.49. The Morgan fingerprint density at radius 1 is 1.10 bits per heavy atom. The average molecular weight is 441 g/mol. The predicted molar refractivity (Wildman–Crippen MR) is 115 cm³/mol. The van der Waals surface area contributed by atoms with Gasteiger partial charge in [0.25, 0.3) is 0 Å². The second kappa shape index (κ2) is 13.7. The number of hydrogen-bond acceptors (Lipinski definition) is 7. The molecule has 0 aromatic carbocycles. The molecule has 0 aromatic rings. The second-order valence-corrected chi connectivity index (χ2v) is 8.76. The highest BCUT2D eigenvalue weighted by molar-refractivity contribution is 5.50. The molecule has 2 heterocycles. The molecule has 1 N–H and O–H groups in total. The Morgan fingerprint density at radius 2 is 1.84 bits per heavy atom. The molecular formula is C24H40O7. The van der Waals surface area contributed by atoms with Crippen molar-refractivity contribution >= 4 is 6.29 Å². The third-order valence-corrected chi connectivity index (χ3v) is 6.49. The number of aldehydes is 1. The van der Waals surface area contributed by atoms with E-state index >= 15 is 0 Å². The molecule has 1 aliphatic carbocycles. The second-order valence-electron chi connectivity index (χ2n) is 8.76. The fraction of sp³-hybridized carbons (Fsp3) is 0.875. The lowest BCUT2D eigenvalue weighted by molar-refractivity contribution is -0.193. The number of hydrogen-bond donors (Lipinski definition) is 1. The van der Waals surface area contributed by atoms with Crippen LogP contribution < -0.4 is 0 Å². The van der Waals surface area contributed by atoms with E-state index in [0.29, 0.717) is 32.7 Å².